The first-order chi connectivity index (χ1) is 15.9. The van der Waals surface area contributed by atoms with Crippen molar-refractivity contribution in [3.63, 3.8) is 0 Å². The highest BCUT2D eigenvalue weighted by Crippen LogP contribution is 2.44. The summed E-state index contributed by atoms with van der Waals surface area (Å²) < 4.78 is 6.54. The molecular formula is C28H36N2O3. The second kappa shape index (κ2) is 10.7. The monoisotopic (exact) mass is 448 g/mol. The summed E-state index contributed by atoms with van der Waals surface area (Å²) >= 11 is 0. The SMILES string of the molecule is CCCC1(CC)C=C(c2ccc(C(=O)N(CC)CC)cc2)c2c(cccc2C(=O)NCC)O1. The van der Waals surface area contributed by atoms with Crippen molar-refractivity contribution in [2.24, 2.45) is 0 Å². The van der Waals surface area contributed by atoms with Crippen LogP contribution >= 0.6 is 0 Å². The molecule has 2 aromatic carbocycles. The van der Waals surface area contributed by atoms with Crippen molar-refractivity contribution in [2.75, 3.05) is 19.6 Å². The molecule has 1 aliphatic heterocycles. The van der Waals surface area contributed by atoms with E-state index in [0.717, 1.165) is 41.7 Å². The summed E-state index contributed by atoms with van der Waals surface area (Å²) in [5.41, 5.74) is 3.61. The molecule has 1 heterocycles. The molecule has 0 saturated carbocycles. The van der Waals surface area contributed by atoms with Gasteiger partial charge >= 0.3 is 0 Å². The van der Waals surface area contributed by atoms with E-state index < -0.39 is 5.60 Å². The second-order valence-electron chi connectivity index (χ2n) is 8.42. The molecule has 176 valence electrons. The number of nitrogens with zero attached hydrogens (tertiary/aromatic N) is 1. The minimum Gasteiger partial charge on any atom is -0.483 e. The Balaban J connectivity index is 2.14. The van der Waals surface area contributed by atoms with Crippen LogP contribution in [0.15, 0.2) is 48.5 Å². The number of rotatable bonds is 9. The fourth-order valence-electron chi connectivity index (χ4n) is 4.53. The van der Waals surface area contributed by atoms with Gasteiger partial charge in [0.1, 0.15) is 11.4 Å². The van der Waals surface area contributed by atoms with E-state index in [1.807, 2.05) is 68.1 Å². The van der Waals surface area contributed by atoms with Gasteiger partial charge < -0.3 is 15.0 Å². The summed E-state index contributed by atoms with van der Waals surface area (Å²) in [6, 6.07) is 13.4. The molecule has 2 amide bonds. The number of carbonyl (C=O) groups excluding carboxylic acids is 2. The zero-order valence-corrected chi connectivity index (χ0v) is 20.5. The zero-order chi connectivity index (χ0) is 24.0. The van der Waals surface area contributed by atoms with E-state index in [2.05, 4.69) is 25.2 Å². The highest BCUT2D eigenvalue weighted by Gasteiger charge is 2.35. The lowest BCUT2D eigenvalue weighted by molar-refractivity contribution is 0.0772. The zero-order valence-electron chi connectivity index (χ0n) is 20.5. The van der Waals surface area contributed by atoms with Gasteiger partial charge in [-0.3, -0.25) is 9.59 Å². The molecule has 33 heavy (non-hydrogen) atoms. The Morgan fingerprint density at radius 2 is 1.67 bits per heavy atom. The van der Waals surface area contributed by atoms with Crippen LogP contribution in [-0.2, 0) is 0 Å². The number of benzene rings is 2. The molecule has 3 rings (SSSR count). The van der Waals surface area contributed by atoms with Crippen molar-refractivity contribution in [3.8, 4) is 5.75 Å². The Morgan fingerprint density at radius 3 is 2.24 bits per heavy atom. The molecule has 1 unspecified atom stereocenters. The lowest BCUT2D eigenvalue weighted by atomic mass is 9.82. The van der Waals surface area contributed by atoms with E-state index in [0.29, 0.717) is 30.8 Å². The third kappa shape index (κ3) is 4.97. The summed E-state index contributed by atoms with van der Waals surface area (Å²) in [5, 5.41) is 2.92. The first-order valence-corrected chi connectivity index (χ1v) is 12.2. The average molecular weight is 449 g/mol. The maximum atomic E-state index is 12.9. The largest absolute Gasteiger partial charge is 0.483 e. The Kier molecular flexibility index (Phi) is 7.96. The molecule has 0 fully saturated rings. The highest BCUT2D eigenvalue weighted by atomic mass is 16.5. The number of amides is 2. The van der Waals surface area contributed by atoms with Crippen LogP contribution in [-0.4, -0.2) is 41.9 Å². The minimum atomic E-state index is -0.424. The van der Waals surface area contributed by atoms with Crippen molar-refractivity contribution in [2.45, 2.75) is 59.5 Å². The van der Waals surface area contributed by atoms with Crippen molar-refractivity contribution >= 4 is 17.4 Å². The lowest BCUT2D eigenvalue weighted by Gasteiger charge is -2.37. The van der Waals surface area contributed by atoms with Crippen molar-refractivity contribution in [1.29, 1.82) is 0 Å². The van der Waals surface area contributed by atoms with Gasteiger partial charge in [-0.05, 0) is 75.1 Å². The molecule has 0 aliphatic carbocycles. The predicted molar refractivity (Wildman–Crippen MR) is 134 cm³/mol. The maximum Gasteiger partial charge on any atom is 0.253 e. The summed E-state index contributed by atoms with van der Waals surface area (Å²) in [6.45, 7) is 12.1. The molecule has 0 bridgehead atoms. The average Bonchev–Trinajstić information content (AvgIpc) is 2.84. The van der Waals surface area contributed by atoms with Crippen LogP contribution in [0.1, 0.15) is 85.7 Å². The highest BCUT2D eigenvalue weighted by molar-refractivity contribution is 6.03. The fourth-order valence-corrected chi connectivity index (χ4v) is 4.53. The van der Waals surface area contributed by atoms with Gasteiger partial charge in [0.2, 0.25) is 0 Å². The number of nitrogens with one attached hydrogen (secondary N) is 1. The number of carbonyl (C=O) groups is 2. The number of fused-ring (bicyclic) bond motifs is 1. The summed E-state index contributed by atoms with van der Waals surface area (Å²) in [6.07, 6.45) is 4.88. The van der Waals surface area contributed by atoms with E-state index in [1.165, 1.54) is 0 Å². The normalized spacial score (nSPS) is 16.9. The molecule has 0 saturated heterocycles. The lowest BCUT2D eigenvalue weighted by Crippen LogP contribution is -2.36. The predicted octanol–water partition coefficient (Wildman–Crippen LogP) is 5.69. The van der Waals surface area contributed by atoms with Crippen LogP contribution in [0.4, 0.5) is 0 Å². The quantitative estimate of drug-likeness (QED) is 0.536. The number of ether oxygens (including phenoxy) is 1. The molecule has 1 aliphatic rings. The van der Waals surface area contributed by atoms with Gasteiger partial charge in [0.05, 0.1) is 5.56 Å². The molecule has 0 spiro atoms. The van der Waals surface area contributed by atoms with E-state index in [4.69, 9.17) is 4.74 Å². The maximum absolute atomic E-state index is 12.9. The summed E-state index contributed by atoms with van der Waals surface area (Å²) in [5.74, 6) is 0.649. The second-order valence-corrected chi connectivity index (χ2v) is 8.42. The van der Waals surface area contributed by atoms with Crippen LogP contribution < -0.4 is 10.1 Å². The minimum absolute atomic E-state index is 0.0322. The molecule has 1 atom stereocenters. The molecular weight excluding hydrogens is 412 g/mol. The summed E-state index contributed by atoms with van der Waals surface area (Å²) in [7, 11) is 0. The van der Waals surface area contributed by atoms with Crippen molar-refractivity contribution < 1.29 is 14.3 Å². The van der Waals surface area contributed by atoms with E-state index in [1.54, 1.807) is 0 Å². The smallest absolute Gasteiger partial charge is 0.253 e. The first kappa shape index (κ1) is 24.6. The van der Waals surface area contributed by atoms with Gasteiger partial charge in [0.25, 0.3) is 11.8 Å². The van der Waals surface area contributed by atoms with E-state index in [-0.39, 0.29) is 11.8 Å². The Labute approximate surface area is 197 Å². The van der Waals surface area contributed by atoms with Crippen LogP contribution in [0.2, 0.25) is 0 Å². The summed E-state index contributed by atoms with van der Waals surface area (Å²) in [4.78, 5) is 27.5. The topological polar surface area (TPSA) is 58.6 Å². The van der Waals surface area contributed by atoms with Crippen LogP contribution in [0.5, 0.6) is 5.75 Å². The van der Waals surface area contributed by atoms with Crippen LogP contribution in [0.3, 0.4) is 0 Å². The van der Waals surface area contributed by atoms with Crippen molar-refractivity contribution in [3.05, 3.63) is 70.8 Å². The van der Waals surface area contributed by atoms with Gasteiger partial charge in [0.15, 0.2) is 0 Å². The standard InChI is InChI=1S/C28H36N2O3/c1-6-18-28(7-2)19-23(20-14-16-21(17-15-20)27(32)30(9-4)10-5)25-22(26(31)29-8-3)12-11-13-24(25)33-28/h11-17,19H,6-10,18H2,1-5H3,(H,29,31). The Bertz CT molecular complexity index is 1020. The van der Waals surface area contributed by atoms with Crippen LogP contribution in [0, 0.1) is 0 Å². The van der Waals surface area contributed by atoms with Crippen molar-refractivity contribution in [1.82, 2.24) is 10.2 Å². The molecule has 2 aromatic rings. The van der Waals surface area contributed by atoms with Crippen LogP contribution in [0.25, 0.3) is 5.57 Å². The third-order valence-corrected chi connectivity index (χ3v) is 6.36. The number of hydrogen-bond acceptors (Lipinski definition) is 3. The van der Waals surface area contributed by atoms with Gasteiger partial charge in [-0.25, -0.2) is 0 Å². The van der Waals surface area contributed by atoms with Gasteiger partial charge in [-0.1, -0.05) is 38.5 Å². The molecule has 5 heteroatoms. The Morgan fingerprint density at radius 1 is 0.970 bits per heavy atom. The van der Waals surface area contributed by atoms with Gasteiger partial charge in [-0.2, -0.15) is 0 Å². The molecule has 0 aromatic heterocycles. The number of hydrogen-bond donors (Lipinski definition) is 1. The first-order valence-electron chi connectivity index (χ1n) is 12.2. The fraction of sp³-hybridized carbons (Fsp3) is 0.429. The molecule has 0 radical (unpaired) electrons. The van der Waals surface area contributed by atoms with Gasteiger partial charge in [-0.15, -0.1) is 0 Å². The van der Waals surface area contributed by atoms with Gasteiger partial charge in [0, 0.05) is 30.8 Å². The van der Waals surface area contributed by atoms with E-state index in [9.17, 15) is 9.59 Å². The third-order valence-electron chi connectivity index (χ3n) is 6.36. The Hall–Kier alpha value is -3.08. The van der Waals surface area contributed by atoms with E-state index >= 15 is 0 Å². The molecule has 1 N–H and O–H groups in total. The molecule has 5 nitrogen and oxygen atoms in total.